The van der Waals surface area contributed by atoms with Gasteiger partial charge in [0.1, 0.15) is 11.5 Å². The van der Waals surface area contributed by atoms with Crippen LogP contribution in [0.5, 0.6) is 11.5 Å². The summed E-state index contributed by atoms with van der Waals surface area (Å²) >= 11 is 0. The molecule has 1 amide bonds. The Bertz CT molecular complexity index is 1020. The molecule has 0 spiro atoms. The number of carbonyl (C=O) groups is 1. The van der Waals surface area contributed by atoms with Crippen LogP contribution in [0.1, 0.15) is 87.8 Å². The summed E-state index contributed by atoms with van der Waals surface area (Å²) in [5.41, 5.74) is 0.981. The van der Waals surface area contributed by atoms with E-state index in [-0.39, 0.29) is 33.2 Å². The zero-order valence-corrected chi connectivity index (χ0v) is 32.8. The fourth-order valence-corrected chi connectivity index (χ4v) is 6.48. The number of likely N-dealkylation sites (N-methyl/N-ethyl adjacent to an activating group) is 1. The van der Waals surface area contributed by atoms with Crippen molar-refractivity contribution in [3.63, 3.8) is 0 Å². The minimum atomic E-state index is -2.19. The van der Waals surface area contributed by atoms with Crippen LogP contribution >= 0.6 is 0 Å². The molecular weight excluding hydrogens is 563 g/mol. The quantitative estimate of drug-likeness (QED) is 0.229. The zero-order valence-electron chi connectivity index (χ0n) is 29.8. The van der Waals surface area contributed by atoms with Gasteiger partial charge in [-0.2, -0.15) is 0 Å². The third kappa shape index (κ3) is 10.4. The monoisotopic (exact) mass is 625 g/mol. The topological polar surface area (TPSA) is 57.2 Å². The second-order valence-corrected chi connectivity index (χ2v) is 30.9. The van der Waals surface area contributed by atoms with Crippen molar-refractivity contribution in [3.8, 4) is 11.5 Å². The molecule has 0 aromatic heterocycles. The van der Waals surface area contributed by atoms with E-state index in [1.807, 2.05) is 13.8 Å². The molecule has 0 aliphatic carbocycles. The maximum atomic E-state index is 12.9. The van der Waals surface area contributed by atoms with Crippen LogP contribution < -0.4 is 8.85 Å². The van der Waals surface area contributed by atoms with Crippen LogP contribution in [-0.4, -0.2) is 56.1 Å². The van der Waals surface area contributed by atoms with Crippen LogP contribution in [0, 0.1) is 5.92 Å². The Labute approximate surface area is 256 Å². The lowest BCUT2D eigenvalue weighted by molar-refractivity contribution is 0.0788. The summed E-state index contributed by atoms with van der Waals surface area (Å²) in [5.74, 6) is 1.84. The maximum Gasteiger partial charge on any atom is 0.409 e. The lowest BCUT2D eigenvalue weighted by atomic mass is 10.1. The molecule has 1 aromatic rings. The Kier molecular flexibility index (Phi) is 12.1. The number of nitrogens with zero attached hydrogens (tertiary/aromatic N) is 1. The standard InChI is InChI=1S/C32H63NO5Si3/c1-24(2)23-35-29(34)33(12)22-28(38-41(17,18)32(9,10)11)25-19-20-26(36-39(13,14)30(3,4)5)27(21-25)37-40(15,16)31(6,7)8/h19-21,24,28H,22-23H2,1-18H3. The van der Waals surface area contributed by atoms with Crippen LogP contribution in [-0.2, 0) is 9.16 Å². The average Bonchev–Trinajstić information content (AvgIpc) is 2.75. The summed E-state index contributed by atoms with van der Waals surface area (Å²) in [7, 11) is -4.72. The van der Waals surface area contributed by atoms with E-state index in [4.69, 9.17) is 18.0 Å². The Hall–Kier alpha value is -1.30. The Morgan fingerprint density at radius 3 is 1.61 bits per heavy atom. The van der Waals surface area contributed by atoms with Crippen molar-refractivity contribution in [2.45, 2.75) is 137 Å². The number of hydrogen-bond acceptors (Lipinski definition) is 5. The maximum absolute atomic E-state index is 12.9. The molecule has 238 valence electrons. The molecule has 1 atom stereocenters. The summed E-state index contributed by atoms with van der Waals surface area (Å²) in [4.78, 5) is 14.5. The van der Waals surface area contributed by atoms with Gasteiger partial charge in [-0.25, -0.2) is 4.79 Å². The second-order valence-electron chi connectivity index (χ2n) is 16.6. The number of ether oxygens (including phenoxy) is 1. The lowest BCUT2D eigenvalue weighted by Gasteiger charge is -2.41. The summed E-state index contributed by atoms with van der Waals surface area (Å²) in [6.07, 6.45) is -0.672. The van der Waals surface area contributed by atoms with Crippen molar-refractivity contribution in [2.75, 3.05) is 20.2 Å². The van der Waals surface area contributed by atoms with Gasteiger partial charge in [0.25, 0.3) is 16.6 Å². The molecule has 0 bridgehead atoms. The Morgan fingerprint density at radius 1 is 0.756 bits per heavy atom. The van der Waals surface area contributed by atoms with Gasteiger partial charge in [-0.05, 0) is 78.0 Å². The molecule has 1 unspecified atom stereocenters. The third-order valence-electron chi connectivity index (χ3n) is 9.22. The number of hydrogen-bond donors (Lipinski definition) is 0. The van der Waals surface area contributed by atoms with Crippen molar-refractivity contribution in [3.05, 3.63) is 23.8 Å². The summed E-state index contributed by atoms with van der Waals surface area (Å²) < 4.78 is 26.3. The van der Waals surface area contributed by atoms with Crippen LogP contribution in [0.2, 0.25) is 54.4 Å². The molecule has 6 nitrogen and oxygen atoms in total. The lowest BCUT2D eigenvalue weighted by Crippen LogP contribution is -2.46. The van der Waals surface area contributed by atoms with E-state index in [0.717, 1.165) is 17.1 Å². The number of amides is 1. The van der Waals surface area contributed by atoms with Gasteiger partial charge >= 0.3 is 6.09 Å². The molecule has 0 saturated heterocycles. The predicted octanol–water partition coefficient (Wildman–Crippen LogP) is 10.2. The molecule has 0 fully saturated rings. The highest BCUT2D eigenvalue weighted by Gasteiger charge is 2.43. The highest BCUT2D eigenvalue weighted by molar-refractivity contribution is 6.75. The van der Waals surface area contributed by atoms with Crippen molar-refractivity contribution in [2.24, 2.45) is 5.92 Å². The number of benzene rings is 1. The smallest absolute Gasteiger partial charge is 0.409 e. The minimum absolute atomic E-state index is 0.00776. The van der Waals surface area contributed by atoms with Crippen LogP contribution in [0.4, 0.5) is 4.79 Å². The van der Waals surface area contributed by atoms with E-state index in [1.54, 1.807) is 11.9 Å². The molecule has 0 N–H and O–H groups in total. The molecule has 0 radical (unpaired) electrons. The molecule has 0 heterocycles. The van der Waals surface area contributed by atoms with Crippen molar-refractivity contribution in [1.82, 2.24) is 4.90 Å². The van der Waals surface area contributed by atoms with E-state index in [1.165, 1.54) is 0 Å². The highest BCUT2D eigenvalue weighted by atomic mass is 28.4. The van der Waals surface area contributed by atoms with Crippen molar-refractivity contribution in [1.29, 1.82) is 0 Å². The van der Waals surface area contributed by atoms with Gasteiger partial charge in [0.15, 0.2) is 8.32 Å². The molecule has 9 heteroatoms. The van der Waals surface area contributed by atoms with Crippen LogP contribution in [0.15, 0.2) is 18.2 Å². The fourth-order valence-electron chi connectivity index (χ4n) is 3.16. The summed E-state index contributed by atoms with van der Waals surface area (Å²) in [6, 6.07) is 6.25. The molecule has 0 aliphatic rings. The van der Waals surface area contributed by atoms with Crippen molar-refractivity contribution < 1.29 is 22.8 Å². The van der Waals surface area contributed by atoms with E-state index in [9.17, 15) is 4.79 Å². The molecule has 41 heavy (non-hydrogen) atoms. The van der Waals surface area contributed by atoms with Crippen LogP contribution in [0.3, 0.4) is 0 Å². The van der Waals surface area contributed by atoms with E-state index < -0.39 is 25.0 Å². The molecule has 0 saturated carbocycles. The van der Waals surface area contributed by atoms with E-state index in [0.29, 0.717) is 13.2 Å². The first kappa shape index (κ1) is 37.7. The first-order valence-electron chi connectivity index (χ1n) is 15.2. The van der Waals surface area contributed by atoms with Gasteiger partial charge in [0, 0.05) is 7.05 Å². The first-order chi connectivity index (χ1) is 18.1. The number of carbonyl (C=O) groups excluding carboxylic acids is 1. The van der Waals surface area contributed by atoms with Gasteiger partial charge in [-0.1, -0.05) is 82.2 Å². The van der Waals surface area contributed by atoms with Crippen molar-refractivity contribution >= 4 is 31.0 Å². The average molecular weight is 626 g/mol. The molecule has 0 aliphatic heterocycles. The summed E-state index contributed by atoms with van der Waals surface area (Å²) in [6.45, 7) is 38.6. The normalized spacial score (nSPS) is 14.6. The van der Waals surface area contributed by atoms with Gasteiger partial charge in [0.2, 0.25) is 0 Å². The van der Waals surface area contributed by atoms with E-state index >= 15 is 0 Å². The predicted molar refractivity (Wildman–Crippen MR) is 182 cm³/mol. The molecule has 1 rings (SSSR count). The minimum Gasteiger partial charge on any atom is -0.541 e. The van der Waals surface area contributed by atoms with Gasteiger partial charge < -0.3 is 22.9 Å². The van der Waals surface area contributed by atoms with Gasteiger partial charge in [-0.15, -0.1) is 0 Å². The SMILES string of the molecule is CC(C)COC(=O)N(C)CC(O[Si](C)(C)C(C)(C)C)c1ccc(O[Si](C)(C)C(C)(C)C)c(O[Si](C)(C)C(C)(C)C)c1. The largest absolute Gasteiger partial charge is 0.541 e. The first-order valence-corrected chi connectivity index (χ1v) is 23.9. The molecule has 1 aromatic carbocycles. The summed E-state index contributed by atoms with van der Waals surface area (Å²) in [5, 5.41) is 0.0788. The second kappa shape index (κ2) is 13.1. The fraction of sp³-hybridized carbons (Fsp3) is 0.781. The molecular formula is C32H63NO5Si3. The zero-order chi connectivity index (χ0) is 32.4. The third-order valence-corrected chi connectivity index (χ3v) is 22.4. The van der Waals surface area contributed by atoms with Gasteiger partial charge in [-0.3, -0.25) is 0 Å². The van der Waals surface area contributed by atoms with Gasteiger partial charge in [0.05, 0.1) is 19.3 Å². The Balaban J connectivity index is 3.69. The number of rotatable bonds is 11. The van der Waals surface area contributed by atoms with E-state index in [2.05, 4.69) is 120 Å². The highest BCUT2D eigenvalue weighted by Crippen LogP contribution is 2.45. The van der Waals surface area contributed by atoms with Crippen LogP contribution in [0.25, 0.3) is 0 Å². The Morgan fingerprint density at radius 2 is 1.20 bits per heavy atom.